The lowest BCUT2D eigenvalue weighted by Crippen LogP contribution is -1.98. The second-order valence-electron chi connectivity index (χ2n) is 13.3. The molecule has 1 aliphatic carbocycles. The molecule has 10 rings (SSSR count). The van der Waals surface area contributed by atoms with Crippen molar-refractivity contribution in [1.29, 1.82) is 0 Å². The number of aromatic nitrogens is 3. The van der Waals surface area contributed by atoms with Gasteiger partial charge in [0.25, 0.3) is 0 Å². The average Bonchev–Trinajstić information content (AvgIpc) is 3.85. The van der Waals surface area contributed by atoms with Crippen LogP contribution in [0, 0.1) is 0 Å². The molecule has 7 aromatic carbocycles. The first-order chi connectivity index (χ1) is 25.8. The number of hydrogen-bond donors (Lipinski definition) is 0. The molecule has 246 valence electrons. The summed E-state index contributed by atoms with van der Waals surface area (Å²) < 4.78 is 8.54. The van der Waals surface area contributed by atoms with Crippen LogP contribution >= 0.6 is 0 Å². The van der Waals surface area contributed by atoms with Crippen LogP contribution in [0.2, 0.25) is 0 Å². The molecule has 0 N–H and O–H groups in total. The highest BCUT2D eigenvalue weighted by atomic mass is 16.4. The Balaban J connectivity index is 0.976. The summed E-state index contributed by atoms with van der Waals surface area (Å²) >= 11 is 0. The van der Waals surface area contributed by atoms with Gasteiger partial charge in [0.15, 0.2) is 0 Å². The number of hydrogen-bond acceptors (Lipinski definition) is 3. The number of rotatable bonds is 6. The molecule has 0 spiro atoms. The Bertz CT molecular complexity index is 2780. The van der Waals surface area contributed by atoms with E-state index in [1.807, 2.05) is 18.2 Å². The lowest BCUT2D eigenvalue weighted by Gasteiger charge is -2.20. The smallest absolute Gasteiger partial charge is 0.248 e. The van der Waals surface area contributed by atoms with Gasteiger partial charge in [0.05, 0.1) is 11.0 Å². The zero-order valence-electron chi connectivity index (χ0n) is 28.4. The van der Waals surface area contributed by atoms with E-state index in [0.717, 1.165) is 35.0 Å². The highest BCUT2D eigenvalue weighted by Gasteiger charge is 2.18. The molecule has 0 amide bonds. The SMILES string of the molecule is C1=CC(c2ccccc2-c2ccc(-n3c4ccccc4c4ccccc43)cc2)=C(c2ccc(-c3nnc(-c4ccc5ccccc5c4)o3)cc2)CC1. The number of benzene rings is 7. The topological polar surface area (TPSA) is 43.9 Å². The number of fused-ring (bicyclic) bond motifs is 4. The van der Waals surface area contributed by atoms with Gasteiger partial charge in [-0.3, -0.25) is 0 Å². The number of allylic oxidation sites excluding steroid dienone is 4. The summed E-state index contributed by atoms with van der Waals surface area (Å²) in [5, 5.41) is 13.7. The van der Waals surface area contributed by atoms with Crippen LogP contribution in [-0.2, 0) is 0 Å². The van der Waals surface area contributed by atoms with Crippen LogP contribution in [0.5, 0.6) is 0 Å². The second-order valence-corrected chi connectivity index (χ2v) is 13.3. The van der Waals surface area contributed by atoms with Crippen molar-refractivity contribution in [3.05, 3.63) is 187 Å². The molecule has 0 fully saturated rings. The van der Waals surface area contributed by atoms with E-state index in [1.54, 1.807) is 0 Å². The maximum Gasteiger partial charge on any atom is 0.248 e. The van der Waals surface area contributed by atoms with Crippen LogP contribution in [0.3, 0.4) is 0 Å². The molecule has 2 aromatic heterocycles. The molecule has 1 aliphatic rings. The predicted molar refractivity (Wildman–Crippen MR) is 214 cm³/mol. The molecule has 0 unspecified atom stereocenters. The molecule has 0 aliphatic heterocycles. The van der Waals surface area contributed by atoms with Crippen molar-refractivity contribution < 1.29 is 4.42 Å². The summed E-state index contributed by atoms with van der Waals surface area (Å²) in [6, 6.07) is 58.2. The summed E-state index contributed by atoms with van der Waals surface area (Å²) in [7, 11) is 0. The van der Waals surface area contributed by atoms with Gasteiger partial charge in [-0.05, 0) is 106 Å². The monoisotopic (exact) mass is 667 g/mol. The van der Waals surface area contributed by atoms with E-state index in [9.17, 15) is 0 Å². The van der Waals surface area contributed by atoms with Gasteiger partial charge in [-0.15, -0.1) is 10.2 Å². The van der Waals surface area contributed by atoms with Gasteiger partial charge >= 0.3 is 0 Å². The second kappa shape index (κ2) is 12.5. The lowest BCUT2D eigenvalue weighted by molar-refractivity contribution is 0.584. The van der Waals surface area contributed by atoms with E-state index in [4.69, 9.17) is 4.42 Å². The zero-order chi connectivity index (χ0) is 34.4. The average molecular weight is 668 g/mol. The van der Waals surface area contributed by atoms with Crippen LogP contribution in [0.15, 0.2) is 180 Å². The molecule has 9 aromatic rings. The van der Waals surface area contributed by atoms with Gasteiger partial charge in [-0.1, -0.05) is 127 Å². The number of nitrogens with zero attached hydrogens (tertiary/aromatic N) is 3. The molecule has 0 radical (unpaired) electrons. The molecule has 4 nitrogen and oxygen atoms in total. The molecule has 2 heterocycles. The highest BCUT2D eigenvalue weighted by molar-refractivity contribution is 6.09. The fourth-order valence-electron chi connectivity index (χ4n) is 7.77. The van der Waals surface area contributed by atoms with Crippen LogP contribution in [0.4, 0.5) is 0 Å². The quantitative estimate of drug-likeness (QED) is 0.177. The summed E-state index contributed by atoms with van der Waals surface area (Å²) in [5.41, 5.74) is 12.9. The van der Waals surface area contributed by atoms with Gasteiger partial charge in [0.2, 0.25) is 11.8 Å². The van der Waals surface area contributed by atoms with E-state index >= 15 is 0 Å². The van der Waals surface area contributed by atoms with Gasteiger partial charge in [0.1, 0.15) is 0 Å². The van der Waals surface area contributed by atoms with Crippen LogP contribution in [0.25, 0.3) is 83.4 Å². The molecule has 0 bridgehead atoms. The molecule has 52 heavy (non-hydrogen) atoms. The summed E-state index contributed by atoms with van der Waals surface area (Å²) in [6.45, 7) is 0. The summed E-state index contributed by atoms with van der Waals surface area (Å²) in [6.07, 6.45) is 6.57. The fraction of sp³-hybridized carbons (Fsp3) is 0.0417. The van der Waals surface area contributed by atoms with E-state index in [2.05, 4.69) is 173 Å². The third kappa shape index (κ3) is 5.16. The molecule has 4 heteroatoms. The maximum absolute atomic E-state index is 6.17. The third-order valence-electron chi connectivity index (χ3n) is 10.3. The molecular weight excluding hydrogens is 635 g/mol. The van der Waals surface area contributed by atoms with Crippen molar-refractivity contribution in [2.75, 3.05) is 0 Å². The van der Waals surface area contributed by atoms with Gasteiger partial charge < -0.3 is 8.98 Å². The van der Waals surface area contributed by atoms with Crippen molar-refractivity contribution in [3.8, 4) is 39.7 Å². The van der Waals surface area contributed by atoms with Gasteiger partial charge in [-0.2, -0.15) is 0 Å². The Hall–Kier alpha value is -6.78. The maximum atomic E-state index is 6.17. The first-order valence-corrected chi connectivity index (χ1v) is 17.8. The summed E-state index contributed by atoms with van der Waals surface area (Å²) in [5.74, 6) is 1.04. The zero-order valence-corrected chi connectivity index (χ0v) is 28.4. The first-order valence-electron chi connectivity index (χ1n) is 17.8. The Morgan fingerprint density at radius 2 is 1.06 bits per heavy atom. The van der Waals surface area contributed by atoms with Crippen molar-refractivity contribution >= 4 is 43.7 Å². The molecular formula is C48H33N3O. The normalized spacial score (nSPS) is 13.1. The Kier molecular flexibility index (Phi) is 7.24. The van der Waals surface area contributed by atoms with Crippen molar-refractivity contribution in [2.45, 2.75) is 12.8 Å². The fourth-order valence-corrected chi connectivity index (χ4v) is 7.77. The van der Waals surface area contributed by atoms with Gasteiger partial charge in [0, 0.05) is 27.6 Å². The standard InChI is InChI=1S/C48H33N3O/c1-2-12-36-31-37(26-21-32(36)11-1)48-50-49-47(52-48)35-24-22-33(23-25-35)39-13-3-5-15-41(39)42-16-6-4-14-40(42)34-27-29-38(30-28-34)51-45-19-9-7-17-43(45)44-18-8-10-20-46(44)51/h1-2,4-12,14-31H,3,13H2. The largest absolute Gasteiger partial charge is 0.416 e. The van der Waals surface area contributed by atoms with Crippen LogP contribution < -0.4 is 0 Å². The first kappa shape index (κ1) is 30.1. The van der Waals surface area contributed by atoms with E-state index in [1.165, 1.54) is 60.6 Å². The summed E-state index contributed by atoms with van der Waals surface area (Å²) in [4.78, 5) is 0. The van der Waals surface area contributed by atoms with Crippen molar-refractivity contribution in [3.63, 3.8) is 0 Å². The lowest BCUT2D eigenvalue weighted by atomic mass is 9.84. The minimum atomic E-state index is 0.516. The Morgan fingerprint density at radius 3 is 1.81 bits per heavy atom. The highest BCUT2D eigenvalue weighted by Crippen LogP contribution is 2.40. The van der Waals surface area contributed by atoms with E-state index in [0.29, 0.717) is 11.8 Å². The minimum Gasteiger partial charge on any atom is -0.416 e. The van der Waals surface area contributed by atoms with Crippen LogP contribution in [-0.4, -0.2) is 14.8 Å². The van der Waals surface area contributed by atoms with E-state index in [-0.39, 0.29) is 0 Å². The van der Waals surface area contributed by atoms with Crippen molar-refractivity contribution in [2.24, 2.45) is 0 Å². The Labute approximate surface area is 301 Å². The Morgan fingerprint density at radius 1 is 0.481 bits per heavy atom. The molecule has 0 saturated carbocycles. The van der Waals surface area contributed by atoms with Crippen LogP contribution in [0.1, 0.15) is 24.0 Å². The predicted octanol–water partition coefficient (Wildman–Crippen LogP) is 12.6. The minimum absolute atomic E-state index is 0.516. The molecule has 0 atom stereocenters. The van der Waals surface area contributed by atoms with Crippen molar-refractivity contribution in [1.82, 2.24) is 14.8 Å². The number of para-hydroxylation sites is 2. The van der Waals surface area contributed by atoms with E-state index < -0.39 is 0 Å². The molecule has 0 saturated heterocycles. The van der Waals surface area contributed by atoms with Gasteiger partial charge in [-0.25, -0.2) is 0 Å². The third-order valence-corrected chi connectivity index (χ3v) is 10.3.